The van der Waals surface area contributed by atoms with Gasteiger partial charge in [-0.3, -0.25) is 4.79 Å². The second-order valence-corrected chi connectivity index (χ2v) is 8.38. The topological polar surface area (TPSA) is 37.3 Å². The first-order valence-corrected chi connectivity index (χ1v) is 9.27. The van der Waals surface area contributed by atoms with E-state index in [1.54, 1.807) is 0 Å². The van der Waals surface area contributed by atoms with Crippen LogP contribution < -0.4 is 0 Å². The van der Waals surface area contributed by atoms with Crippen molar-refractivity contribution in [3.05, 3.63) is 36.0 Å². The molecular formula is C21H28O2. The van der Waals surface area contributed by atoms with E-state index in [2.05, 4.69) is 19.6 Å². The first-order valence-electron chi connectivity index (χ1n) is 9.27. The van der Waals surface area contributed by atoms with Gasteiger partial charge in [-0.1, -0.05) is 30.2 Å². The smallest absolute Gasteiger partial charge is 0.155 e. The number of carbonyl (C=O) groups excluding carboxylic acids is 1. The van der Waals surface area contributed by atoms with Gasteiger partial charge in [0.25, 0.3) is 0 Å². The third kappa shape index (κ3) is 2.21. The fourth-order valence-electron chi connectivity index (χ4n) is 6.13. The number of hydrogen-bond donors (Lipinski definition) is 1. The summed E-state index contributed by atoms with van der Waals surface area (Å²) in [5, 5.41) is 10.5. The maximum Gasteiger partial charge on any atom is 0.155 e. The average Bonchev–Trinajstić information content (AvgIpc) is 2.83. The minimum absolute atomic E-state index is 0.00765. The van der Waals surface area contributed by atoms with Crippen LogP contribution in [-0.4, -0.2) is 17.0 Å². The zero-order valence-corrected chi connectivity index (χ0v) is 14.1. The normalized spacial score (nSPS) is 45.5. The van der Waals surface area contributed by atoms with Gasteiger partial charge in [0.1, 0.15) is 0 Å². The molecule has 4 aliphatic carbocycles. The number of ketones is 1. The summed E-state index contributed by atoms with van der Waals surface area (Å²) in [6.45, 7) is 6.25. The number of allylic oxidation sites excluding steroid dienone is 3. The molecule has 1 N–H and O–H groups in total. The van der Waals surface area contributed by atoms with Crippen molar-refractivity contribution in [1.82, 2.24) is 0 Å². The molecule has 4 aliphatic rings. The van der Waals surface area contributed by atoms with Gasteiger partial charge in [0.05, 0.1) is 6.10 Å². The molecule has 0 aromatic carbocycles. The van der Waals surface area contributed by atoms with E-state index in [1.807, 2.05) is 12.2 Å². The van der Waals surface area contributed by atoms with Crippen LogP contribution in [0.4, 0.5) is 0 Å². The van der Waals surface area contributed by atoms with Gasteiger partial charge in [0, 0.05) is 11.8 Å². The van der Waals surface area contributed by atoms with E-state index in [1.165, 1.54) is 17.6 Å². The fraction of sp³-hybridized carbons (Fsp3) is 0.667. The molecule has 0 unspecified atom stereocenters. The minimum atomic E-state index is -0.201. The Kier molecular flexibility index (Phi) is 3.64. The summed E-state index contributed by atoms with van der Waals surface area (Å²) in [6.07, 6.45) is 13.1. The lowest BCUT2D eigenvalue weighted by Gasteiger charge is -2.54. The number of carbonyl (C=O) groups is 1. The molecule has 4 rings (SSSR count). The Morgan fingerprint density at radius 2 is 2.26 bits per heavy atom. The highest BCUT2D eigenvalue weighted by atomic mass is 16.3. The van der Waals surface area contributed by atoms with Gasteiger partial charge < -0.3 is 5.11 Å². The Hall–Kier alpha value is -1.15. The van der Waals surface area contributed by atoms with Gasteiger partial charge in [-0.2, -0.15) is 0 Å². The zero-order chi connectivity index (χ0) is 16.2. The molecule has 0 amide bonds. The number of aliphatic hydroxyl groups is 1. The van der Waals surface area contributed by atoms with Gasteiger partial charge in [-0.15, -0.1) is 6.58 Å². The standard InChI is InChI=1S/C21H28O2/c1-3-4-13-11-14-12-15(22)5-6-16(14)17-9-10-21(2)18(20(13)17)7-8-19(21)23/h3,7,12-13,16-17,19-20,23H,1,4-6,8-11H2,2H3/t13-,16+,17-,19+,20-,21+/m1/s1. The van der Waals surface area contributed by atoms with Crippen LogP contribution in [0.5, 0.6) is 0 Å². The molecule has 2 nitrogen and oxygen atoms in total. The summed E-state index contributed by atoms with van der Waals surface area (Å²) >= 11 is 0. The third-order valence-corrected chi connectivity index (χ3v) is 7.29. The molecule has 0 radical (unpaired) electrons. The van der Waals surface area contributed by atoms with Crippen molar-refractivity contribution in [2.24, 2.45) is 29.1 Å². The molecule has 2 fully saturated rings. The largest absolute Gasteiger partial charge is 0.392 e. The Bertz CT molecular complexity index is 599. The first kappa shape index (κ1) is 15.4. The molecule has 0 bridgehead atoms. The highest BCUT2D eigenvalue weighted by molar-refractivity contribution is 5.91. The maximum absolute atomic E-state index is 11.9. The molecule has 0 saturated heterocycles. The molecule has 23 heavy (non-hydrogen) atoms. The van der Waals surface area contributed by atoms with Crippen LogP contribution in [0.15, 0.2) is 36.0 Å². The Labute approximate surface area is 139 Å². The van der Waals surface area contributed by atoms with Crippen molar-refractivity contribution < 1.29 is 9.90 Å². The van der Waals surface area contributed by atoms with Crippen molar-refractivity contribution in [2.45, 2.75) is 58.0 Å². The van der Waals surface area contributed by atoms with Crippen LogP contribution in [-0.2, 0) is 4.79 Å². The van der Waals surface area contributed by atoms with Gasteiger partial charge >= 0.3 is 0 Å². The van der Waals surface area contributed by atoms with Crippen molar-refractivity contribution in [3.8, 4) is 0 Å². The lowest BCUT2D eigenvalue weighted by molar-refractivity contribution is -0.115. The minimum Gasteiger partial charge on any atom is -0.392 e. The van der Waals surface area contributed by atoms with E-state index >= 15 is 0 Å². The molecule has 0 aromatic rings. The van der Waals surface area contributed by atoms with Crippen LogP contribution in [0, 0.1) is 29.1 Å². The van der Waals surface area contributed by atoms with E-state index in [4.69, 9.17) is 0 Å². The van der Waals surface area contributed by atoms with Crippen LogP contribution in [0.3, 0.4) is 0 Å². The molecule has 2 heteroatoms. The summed E-state index contributed by atoms with van der Waals surface area (Å²) in [6, 6.07) is 0. The van der Waals surface area contributed by atoms with Gasteiger partial charge in [-0.05, 0) is 68.3 Å². The zero-order valence-electron chi connectivity index (χ0n) is 14.1. The maximum atomic E-state index is 11.9. The molecule has 6 atom stereocenters. The molecular weight excluding hydrogens is 284 g/mol. The number of hydrogen-bond acceptors (Lipinski definition) is 2. The summed E-state index contributed by atoms with van der Waals surface area (Å²) in [5.74, 6) is 2.73. The summed E-state index contributed by atoms with van der Waals surface area (Å²) in [5.41, 5.74) is 2.94. The van der Waals surface area contributed by atoms with Crippen LogP contribution in [0.25, 0.3) is 0 Å². The quantitative estimate of drug-likeness (QED) is 0.776. The van der Waals surface area contributed by atoms with Gasteiger partial charge in [0.2, 0.25) is 0 Å². The lowest BCUT2D eigenvalue weighted by atomic mass is 9.51. The summed E-state index contributed by atoms with van der Waals surface area (Å²) in [7, 11) is 0. The fourth-order valence-corrected chi connectivity index (χ4v) is 6.13. The third-order valence-electron chi connectivity index (χ3n) is 7.29. The second-order valence-electron chi connectivity index (χ2n) is 8.38. The highest BCUT2D eigenvalue weighted by Crippen LogP contribution is 2.61. The Morgan fingerprint density at radius 1 is 1.43 bits per heavy atom. The monoisotopic (exact) mass is 312 g/mol. The van der Waals surface area contributed by atoms with E-state index in [0.717, 1.165) is 38.5 Å². The van der Waals surface area contributed by atoms with Crippen molar-refractivity contribution >= 4 is 5.78 Å². The summed E-state index contributed by atoms with van der Waals surface area (Å²) in [4.78, 5) is 11.9. The van der Waals surface area contributed by atoms with Crippen molar-refractivity contribution in [1.29, 1.82) is 0 Å². The Balaban J connectivity index is 1.73. The second kappa shape index (κ2) is 5.44. The van der Waals surface area contributed by atoms with Crippen molar-refractivity contribution in [2.75, 3.05) is 0 Å². The number of rotatable bonds is 2. The molecule has 2 saturated carbocycles. The molecule has 0 spiro atoms. The van der Waals surface area contributed by atoms with E-state index in [-0.39, 0.29) is 11.5 Å². The van der Waals surface area contributed by atoms with Crippen LogP contribution in [0.2, 0.25) is 0 Å². The summed E-state index contributed by atoms with van der Waals surface area (Å²) < 4.78 is 0. The molecule has 0 heterocycles. The van der Waals surface area contributed by atoms with Gasteiger partial charge in [0.15, 0.2) is 5.78 Å². The number of fused-ring (bicyclic) bond motifs is 5. The van der Waals surface area contributed by atoms with E-state index < -0.39 is 0 Å². The van der Waals surface area contributed by atoms with Crippen LogP contribution >= 0.6 is 0 Å². The SMILES string of the molecule is C=CC[C@@H]1CC2=CC(=O)CC[C@@H]2[C@H]2CC[C@@]3(C)C(=CC[C@@H]3O)[C@H]12. The molecule has 0 aliphatic heterocycles. The predicted octanol–water partition coefficient (Wildman–Crippen LogP) is 4.21. The van der Waals surface area contributed by atoms with Crippen LogP contribution in [0.1, 0.15) is 51.9 Å². The number of aliphatic hydroxyl groups excluding tert-OH is 1. The van der Waals surface area contributed by atoms with E-state index in [0.29, 0.717) is 29.5 Å². The van der Waals surface area contributed by atoms with E-state index in [9.17, 15) is 9.90 Å². The highest BCUT2D eigenvalue weighted by Gasteiger charge is 2.54. The lowest BCUT2D eigenvalue weighted by Crippen LogP contribution is -2.47. The predicted molar refractivity (Wildman–Crippen MR) is 91.8 cm³/mol. The molecule has 124 valence electrons. The van der Waals surface area contributed by atoms with Gasteiger partial charge in [-0.25, -0.2) is 0 Å². The Morgan fingerprint density at radius 3 is 3.04 bits per heavy atom. The average molecular weight is 312 g/mol. The molecule has 0 aromatic heterocycles. The van der Waals surface area contributed by atoms with Crippen molar-refractivity contribution in [3.63, 3.8) is 0 Å². The first-order chi connectivity index (χ1) is 11.0.